The van der Waals surface area contributed by atoms with Gasteiger partial charge in [0.2, 0.25) is 0 Å². The van der Waals surface area contributed by atoms with E-state index in [4.69, 9.17) is 0 Å². The van der Waals surface area contributed by atoms with Crippen LogP contribution in [0.4, 0.5) is 0 Å². The van der Waals surface area contributed by atoms with E-state index < -0.39 is 7.12 Å². The minimum Gasteiger partial charge on any atom is -0.423 e. The summed E-state index contributed by atoms with van der Waals surface area (Å²) in [6, 6.07) is 22.6. The Morgan fingerprint density at radius 2 is 1.50 bits per heavy atom. The van der Waals surface area contributed by atoms with Gasteiger partial charge in [-0.2, -0.15) is 0 Å². The standard InChI is InChI=1S/C21H19BO2/c1-21(2)18-10-6-9-16(14-7-4-3-5-8-14)20(18)17-12-11-15(22(23)24)13-19(17)21/h3-13,23-24H,1-2H3. The van der Waals surface area contributed by atoms with Gasteiger partial charge in [0.15, 0.2) is 0 Å². The van der Waals surface area contributed by atoms with Crippen molar-refractivity contribution in [1.82, 2.24) is 0 Å². The Hall–Kier alpha value is -2.36. The molecule has 1 aliphatic carbocycles. The first kappa shape index (κ1) is 15.2. The van der Waals surface area contributed by atoms with Crippen LogP contribution in [-0.4, -0.2) is 17.2 Å². The van der Waals surface area contributed by atoms with E-state index in [1.807, 2.05) is 18.2 Å². The van der Waals surface area contributed by atoms with E-state index >= 15 is 0 Å². The molecule has 2 N–H and O–H groups in total. The Kier molecular flexibility index (Phi) is 3.38. The summed E-state index contributed by atoms with van der Waals surface area (Å²) in [5.74, 6) is 0. The maximum absolute atomic E-state index is 9.53. The van der Waals surface area contributed by atoms with Gasteiger partial charge in [-0.3, -0.25) is 0 Å². The predicted octanol–water partition coefficient (Wildman–Crippen LogP) is 3.34. The zero-order valence-corrected chi connectivity index (χ0v) is 13.8. The third-order valence-electron chi connectivity index (χ3n) is 5.11. The fourth-order valence-corrected chi connectivity index (χ4v) is 3.82. The molecule has 3 aromatic carbocycles. The summed E-state index contributed by atoms with van der Waals surface area (Å²) in [5, 5.41) is 19.1. The number of hydrogen-bond acceptors (Lipinski definition) is 2. The Morgan fingerprint density at radius 3 is 2.21 bits per heavy atom. The molecule has 0 radical (unpaired) electrons. The Morgan fingerprint density at radius 1 is 0.750 bits per heavy atom. The molecular formula is C21H19BO2. The lowest BCUT2D eigenvalue weighted by Crippen LogP contribution is -2.31. The van der Waals surface area contributed by atoms with Gasteiger partial charge < -0.3 is 10.0 Å². The summed E-state index contributed by atoms with van der Waals surface area (Å²) in [5.41, 5.74) is 7.65. The summed E-state index contributed by atoms with van der Waals surface area (Å²) < 4.78 is 0. The molecule has 0 spiro atoms. The molecular weight excluding hydrogens is 295 g/mol. The van der Waals surface area contributed by atoms with E-state index in [1.165, 1.54) is 27.8 Å². The Labute approximate surface area is 142 Å². The average Bonchev–Trinajstić information content (AvgIpc) is 2.83. The zero-order chi connectivity index (χ0) is 16.9. The molecule has 24 heavy (non-hydrogen) atoms. The second kappa shape index (κ2) is 5.33. The number of benzene rings is 3. The van der Waals surface area contributed by atoms with Crippen molar-refractivity contribution in [2.45, 2.75) is 19.3 Å². The lowest BCUT2D eigenvalue weighted by molar-refractivity contribution is 0.425. The second-order valence-electron chi connectivity index (χ2n) is 6.90. The van der Waals surface area contributed by atoms with Gasteiger partial charge in [-0.05, 0) is 38.8 Å². The molecule has 0 saturated heterocycles. The van der Waals surface area contributed by atoms with Crippen LogP contribution >= 0.6 is 0 Å². The highest BCUT2D eigenvalue weighted by Gasteiger charge is 2.37. The zero-order valence-electron chi connectivity index (χ0n) is 13.8. The summed E-state index contributed by atoms with van der Waals surface area (Å²) >= 11 is 0. The molecule has 2 nitrogen and oxygen atoms in total. The largest absolute Gasteiger partial charge is 0.488 e. The molecule has 0 fully saturated rings. The monoisotopic (exact) mass is 314 g/mol. The van der Waals surface area contributed by atoms with E-state index in [2.05, 4.69) is 56.3 Å². The number of rotatable bonds is 2. The van der Waals surface area contributed by atoms with E-state index in [0.29, 0.717) is 5.46 Å². The van der Waals surface area contributed by atoms with Gasteiger partial charge in [-0.25, -0.2) is 0 Å². The van der Waals surface area contributed by atoms with Crippen molar-refractivity contribution in [2.24, 2.45) is 0 Å². The Bertz CT molecular complexity index is 914. The van der Waals surface area contributed by atoms with Crippen LogP contribution in [0.3, 0.4) is 0 Å². The minimum atomic E-state index is -1.44. The fourth-order valence-electron chi connectivity index (χ4n) is 3.82. The van der Waals surface area contributed by atoms with Crippen molar-refractivity contribution >= 4 is 12.6 Å². The molecule has 118 valence electrons. The fraction of sp³-hybridized carbons (Fsp3) is 0.143. The molecule has 0 heterocycles. The van der Waals surface area contributed by atoms with Crippen molar-refractivity contribution in [2.75, 3.05) is 0 Å². The first-order valence-electron chi connectivity index (χ1n) is 8.20. The van der Waals surface area contributed by atoms with E-state index in [-0.39, 0.29) is 5.41 Å². The molecule has 0 amide bonds. The van der Waals surface area contributed by atoms with Gasteiger partial charge in [0.1, 0.15) is 0 Å². The maximum atomic E-state index is 9.53. The van der Waals surface area contributed by atoms with Crippen LogP contribution in [0.5, 0.6) is 0 Å². The second-order valence-corrected chi connectivity index (χ2v) is 6.90. The van der Waals surface area contributed by atoms with Crippen molar-refractivity contribution in [3.8, 4) is 22.3 Å². The van der Waals surface area contributed by atoms with E-state index in [0.717, 1.165) is 5.56 Å². The van der Waals surface area contributed by atoms with Gasteiger partial charge >= 0.3 is 7.12 Å². The van der Waals surface area contributed by atoms with Crippen LogP contribution in [0, 0.1) is 0 Å². The molecule has 4 rings (SSSR count). The lowest BCUT2D eigenvalue weighted by Gasteiger charge is -2.22. The van der Waals surface area contributed by atoms with Crippen LogP contribution in [0.1, 0.15) is 25.0 Å². The summed E-state index contributed by atoms with van der Waals surface area (Å²) in [6.45, 7) is 4.39. The number of hydrogen-bond donors (Lipinski definition) is 2. The summed E-state index contributed by atoms with van der Waals surface area (Å²) in [4.78, 5) is 0. The van der Waals surface area contributed by atoms with Crippen molar-refractivity contribution in [3.63, 3.8) is 0 Å². The topological polar surface area (TPSA) is 40.5 Å². The van der Waals surface area contributed by atoms with Gasteiger partial charge in [0.25, 0.3) is 0 Å². The molecule has 3 heteroatoms. The molecule has 0 saturated carbocycles. The van der Waals surface area contributed by atoms with Crippen LogP contribution in [0.25, 0.3) is 22.3 Å². The highest BCUT2D eigenvalue weighted by molar-refractivity contribution is 6.58. The maximum Gasteiger partial charge on any atom is 0.488 e. The van der Waals surface area contributed by atoms with Crippen LogP contribution < -0.4 is 5.46 Å². The van der Waals surface area contributed by atoms with Crippen LogP contribution in [0.15, 0.2) is 66.7 Å². The van der Waals surface area contributed by atoms with Gasteiger partial charge in [-0.15, -0.1) is 0 Å². The lowest BCUT2D eigenvalue weighted by atomic mass is 9.75. The summed E-state index contributed by atoms with van der Waals surface area (Å²) in [7, 11) is -1.44. The van der Waals surface area contributed by atoms with Gasteiger partial charge in [0.05, 0.1) is 0 Å². The van der Waals surface area contributed by atoms with Gasteiger partial charge in [-0.1, -0.05) is 80.6 Å². The van der Waals surface area contributed by atoms with Crippen LogP contribution in [0.2, 0.25) is 0 Å². The molecule has 0 atom stereocenters. The highest BCUT2D eigenvalue weighted by atomic mass is 16.4. The first-order valence-corrected chi connectivity index (χ1v) is 8.20. The molecule has 3 aromatic rings. The molecule has 0 aliphatic heterocycles. The molecule has 1 aliphatic rings. The first-order chi connectivity index (χ1) is 11.5. The van der Waals surface area contributed by atoms with E-state index in [9.17, 15) is 10.0 Å². The third-order valence-corrected chi connectivity index (χ3v) is 5.11. The molecule has 0 aromatic heterocycles. The quantitative estimate of drug-likeness (QED) is 0.712. The molecule has 0 bridgehead atoms. The SMILES string of the molecule is CC1(C)c2cc(B(O)O)ccc2-c2c(-c3ccccc3)cccc21. The highest BCUT2D eigenvalue weighted by Crippen LogP contribution is 2.51. The van der Waals surface area contributed by atoms with Crippen molar-refractivity contribution in [1.29, 1.82) is 0 Å². The predicted molar refractivity (Wildman–Crippen MR) is 99.3 cm³/mol. The van der Waals surface area contributed by atoms with Crippen molar-refractivity contribution < 1.29 is 10.0 Å². The normalized spacial score (nSPS) is 14.2. The van der Waals surface area contributed by atoms with Crippen LogP contribution in [-0.2, 0) is 5.41 Å². The van der Waals surface area contributed by atoms with E-state index in [1.54, 1.807) is 6.07 Å². The smallest absolute Gasteiger partial charge is 0.423 e. The summed E-state index contributed by atoms with van der Waals surface area (Å²) in [6.07, 6.45) is 0. The average molecular weight is 314 g/mol. The van der Waals surface area contributed by atoms with Gasteiger partial charge in [0, 0.05) is 5.41 Å². The third kappa shape index (κ3) is 2.13. The van der Waals surface area contributed by atoms with Crippen molar-refractivity contribution in [3.05, 3.63) is 77.9 Å². The minimum absolute atomic E-state index is 0.166. The number of fused-ring (bicyclic) bond motifs is 3. The Balaban J connectivity index is 2.01. The molecule has 0 unspecified atom stereocenters.